The number of carbonyl (C=O) groups is 5. The van der Waals surface area contributed by atoms with Crippen molar-refractivity contribution in [1.82, 2.24) is 16.0 Å². The Hall–Kier alpha value is -3.75. The Morgan fingerprint density at radius 1 is 0.794 bits per heavy atom. The summed E-state index contributed by atoms with van der Waals surface area (Å²) in [5.41, 5.74) is 6.47. The molecule has 1 aromatic rings. The van der Waals surface area contributed by atoms with Gasteiger partial charge in [0.15, 0.2) is 0 Å². The average molecular weight is 484 g/mol. The van der Waals surface area contributed by atoms with E-state index in [1.165, 1.54) is 24.3 Å². The summed E-state index contributed by atoms with van der Waals surface area (Å²) in [7, 11) is 0. The van der Waals surface area contributed by atoms with Gasteiger partial charge in [0.25, 0.3) is 0 Å². The Balaban J connectivity index is 2.86. The Labute approximate surface area is 193 Å². The Bertz CT molecular complexity index is 877. The first-order valence-corrected chi connectivity index (χ1v) is 10.1. The van der Waals surface area contributed by atoms with Crippen LogP contribution in [0, 0.1) is 0 Å². The molecule has 0 saturated carbocycles. The van der Waals surface area contributed by atoms with Crippen LogP contribution in [0.1, 0.15) is 18.4 Å². The minimum Gasteiger partial charge on any atom is -0.508 e. The molecule has 14 nitrogen and oxygen atoms in total. The molecule has 0 aliphatic carbocycles. The largest absolute Gasteiger partial charge is 0.508 e. The standard InChI is InChI=1S/C20H28N4O10/c21-12(7-10-1-3-11(27)4-2-10)17(30)22-13(5-6-16(28)29)18(31)23-14(8-25)19(32)24-15(9-26)20(33)34/h1-4,12-15,25-27H,5-9,21H2,(H,22,30)(H,23,31)(H,24,32)(H,28,29)(H,33,34). The topological polar surface area (TPSA) is 249 Å². The van der Waals surface area contributed by atoms with Gasteiger partial charge < -0.3 is 47.2 Å². The minimum absolute atomic E-state index is 0.0170. The monoisotopic (exact) mass is 484 g/mol. The highest BCUT2D eigenvalue weighted by atomic mass is 16.4. The van der Waals surface area contributed by atoms with Crippen molar-refractivity contribution in [3.8, 4) is 5.75 Å². The van der Waals surface area contributed by atoms with Crippen LogP contribution < -0.4 is 21.7 Å². The number of amides is 3. The Kier molecular flexibility index (Phi) is 11.4. The van der Waals surface area contributed by atoms with E-state index in [0.717, 1.165) is 0 Å². The van der Waals surface area contributed by atoms with Crippen molar-refractivity contribution < 1.29 is 49.5 Å². The average Bonchev–Trinajstić information content (AvgIpc) is 2.78. The lowest BCUT2D eigenvalue weighted by Crippen LogP contribution is -2.58. The number of aliphatic hydroxyl groups excluding tert-OH is 2. The van der Waals surface area contributed by atoms with Crippen LogP contribution in [0.4, 0.5) is 0 Å². The molecule has 1 aromatic carbocycles. The molecular formula is C20H28N4O10. The first-order chi connectivity index (χ1) is 16.0. The number of aliphatic carboxylic acids is 2. The first-order valence-electron chi connectivity index (χ1n) is 10.1. The zero-order valence-electron chi connectivity index (χ0n) is 18.0. The minimum atomic E-state index is -1.68. The number of aliphatic hydroxyl groups is 2. The summed E-state index contributed by atoms with van der Waals surface area (Å²) in [5, 5.41) is 51.9. The van der Waals surface area contributed by atoms with Gasteiger partial charge >= 0.3 is 11.9 Å². The zero-order valence-corrected chi connectivity index (χ0v) is 18.0. The van der Waals surface area contributed by atoms with E-state index < -0.39 is 73.5 Å². The lowest BCUT2D eigenvalue weighted by molar-refractivity contribution is -0.143. The van der Waals surface area contributed by atoms with E-state index in [0.29, 0.717) is 5.56 Å². The molecular weight excluding hydrogens is 456 g/mol. The molecule has 14 heteroatoms. The van der Waals surface area contributed by atoms with Crippen molar-refractivity contribution in [2.24, 2.45) is 5.73 Å². The van der Waals surface area contributed by atoms with Crippen LogP contribution in [0.25, 0.3) is 0 Å². The second-order valence-electron chi connectivity index (χ2n) is 7.30. The van der Waals surface area contributed by atoms with Crippen molar-refractivity contribution in [3.63, 3.8) is 0 Å². The molecule has 0 radical (unpaired) electrons. The van der Waals surface area contributed by atoms with E-state index in [1.54, 1.807) is 0 Å². The van der Waals surface area contributed by atoms with Gasteiger partial charge in [-0.1, -0.05) is 12.1 Å². The molecule has 0 fully saturated rings. The van der Waals surface area contributed by atoms with Gasteiger partial charge in [-0.05, 0) is 30.5 Å². The number of hydrogen-bond acceptors (Lipinski definition) is 9. The number of phenolic OH excluding ortho intramolecular Hbond substituents is 1. The van der Waals surface area contributed by atoms with Crippen LogP contribution in [-0.2, 0) is 30.4 Å². The van der Waals surface area contributed by atoms with Gasteiger partial charge in [-0.3, -0.25) is 19.2 Å². The van der Waals surface area contributed by atoms with Crippen molar-refractivity contribution in [2.45, 2.75) is 43.4 Å². The maximum Gasteiger partial charge on any atom is 0.328 e. The molecule has 3 amide bonds. The summed E-state index contributed by atoms with van der Waals surface area (Å²) in [5.74, 6) is -5.73. The maximum absolute atomic E-state index is 12.6. The van der Waals surface area contributed by atoms with E-state index in [2.05, 4.69) is 10.6 Å². The third-order valence-electron chi connectivity index (χ3n) is 4.62. The van der Waals surface area contributed by atoms with Gasteiger partial charge in [0.1, 0.15) is 23.9 Å². The third-order valence-corrected chi connectivity index (χ3v) is 4.62. The molecule has 0 heterocycles. The number of rotatable bonds is 14. The number of aromatic hydroxyl groups is 1. The lowest BCUT2D eigenvalue weighted by Gasteiger charge is -2.24. The van der Waals surface area contributed by atoms with Crippen LogP contribution in [-0.4, -0.2) is 92.6 Å². The highest BCUT2D eigenvalue weighted by molar-refractivity contribution is 5.94. The predicted molar refractivity (Wildman–Crippen MR) is 114 cm³/mol. The molecule has 0 aromatic heterocycles. The molecule has 0 bridgehead atoms. The fourth-order valence-electron chi connectivity index (χ4n) is 2.72. The fourth-order valence-corrected chi connectivity index (χ4v) is 2.72. The summed E-state index contributed by atoms with van der Waals surface area (Å²) in [6, 6.07) is -0.0260. The number of carboxylic acid groups (broad SMARTS) is 2. The van der Waals surface area contributed by atoms with Crippen LogP contribution in [0.15, 0.2) is 24.3 Å². The molecule has 34 heavy (non-hydrogen) atoms. The molecule has 4 unspecified atom stereocenters. The quantitative estimate of drug-likeness (QED) is 0.126. The van der Waals surface area contributed by atoms with Crippen molar-refractivity contribution in [2.75, 3.05) is 13.2 Å². The first kappa shape index (κ1) is 28.3. The van der Waals surface area contributed by atoms with Crippen molar-refractivity contribution in [3.05, 3.63) is 29.8 Å². The second kappa shape index (κ2) is 13.7. The highest BCUT2D eigenvalue weighted by Gasteiger charge is 2.30. The Morgan fingerprint density at radius 2 is 1.29 bits per heavy atom. The van der Waals surface area contributed by atoms with Gasteiger partial charge in [-0.2, -0.15) is 0 Å². The molecule has 0 aliphatic rings. The smallest absolute Gasteiger partial charge is 0.328 e. The van der Waals surface area contributed by atoms with E-state index in [4.69, 9.17) is 21.1 Å². The summed E-state index contributed by atoms with van der Waals surface area (Å²) in [6.07, 6.45) is -0.848. The van der Waals surface area contributed by atoms with Gasteiger partial charge in [0, 0.05) is 6.42 Å². The zero-order chi connectivity index (χ0) is 25.8. The van der Waals surface area contributed by atoms with E-state index in [1.807, 2.05) is 5.32 Å². The molecule has 0 aliphatic heterocycles. The van der Waals surface area contributed by atoms with Crippen LogP contribution in [0.3, 0.4) is 0 Å². The molecule has 0 spiro atoms. The number of carboxylic acids is 2. The molecule has 188 valence electrons. The predicted octanol–water partition coefficient (Wildman–Crippen LogP) is -3.35. The van der Waals surface area contributed by atoms with E-state index >= 15 is 0 Å². The van der Waals surface area contributed by atoms with Crippen LogP contribution in [0.2, 0.25) is 0 Å². The van der Waals surface area contributed by atoms with Gasteiger partial charge in [-0.15, -0.1) is 0 Å². The van der Waals surface area contributed by atoms with E-state index in [9.17, 15) is 34.2 Å². The molecule has 10 N–H and O–H groups in total. The van der Waals surface area contributed by atoms with Gasteiger partial charge in [0.05, 0.1) is 19.3 Å². The lowest BCUT2D eigenvalue weighted by atomic mass is 10.0. The normalized spacial score (nSPS) is 14.2. The number of benzene rings is 1. The van der Waals surface area contributed by atoms with Crippen LogP contribution in [0.5, 0.6) is 5.75 Å². The molecule has 1 rings (SSSR count). The second-order valence-corrected chi connectivity index (χ2v) is 7.30. The summed E-state index contributed by atoms with van der Waals surface area (Å²) < 4.78 is 0. The molecule has 0 saturated heterocycles. The van der Waals surface area contributed by atoms with Crippen molar-refractivity contribution in [1.29, 1.82) is 0 Å². The van der Waals surface area contributed by atoms with Gasteiger partial charge in [0.2, 0.25) is 17.7 Å². The SMILES string of the molecule is NC(Cc1ccc(O)cc1)C(=O)NC(CCC(=O)O)C(=O)NC(CO)C(=O)NC(CO)C(=O)O. The number of carbonyl (C=O) groups excluding carboxylic acids is 3. The van der Waals surface area contributed by atoms with Gasteiger partial charge in [-0.25, -0.2) is 4.79 Å². The summed E-state index contributed by atoms with van der Waals surface area (Å²) >= 11 is 0. The highest BCUT2D eigenvalue weighted by Crippen LogP contribution is 2.11. The van der Waals surface area contributed by atoms with E-state index in [-0.39, 0.29) is 18.6 Å². The maximum atomic E-state index is 12.6. The number of nitrogens with two attached hydrogens (primary N) is 1. The van der Waals surface area contributed by atoms with Crippen LogP contribution >= 0.6 is 0 Å². The van der Waals surface area contributed by atoms with Crippen molar-refractivity contribution >= 4 is 29.7 Å². The third kappa shape index (κ3) is 9.40. The summed E-state index contributed by atoms with van der Waals surface area (Å²) in [6.45, 7) is -1.89. The number of phenols is 1. The summed E-state index contributed by atoms with van der Waals surface area (Å²) in [4.78, 5) is 59.2. The Morgan fingerprint density at radius 3 is 1.79 bits per heavy atom. The number of nitrogens with one attached hydrogen (secondary N) is 3. The number of hydrogen-bond donors (Lipinski definition) is 9. The molecule has 4 atom stereocenters. The fraction of sp³-hybridized carbons (Fsp3) is 0.450.